The van der Waals surface area contributed by atoms with Gasteiger partial charge in [0.15, 0.2) is 0 Å². The van der Waals surface area contributed by atoms with Gasteiger partial charge in [-0.2, -0.15) is 0 Å². The molecule has 2 rings (SSSR count). The van der Waals surface area contributed by atoms with Gasteiger partial charge in [-0.3, -0.25) is 0 Å². The molecule has 0 aliphatic carbocycles. The zero-order valence-corrected chi connectivity index (χ0v) is 11.9. The maximum atomic E-state index is 6.14. The Kier molecular flexibility index (Phi) is 3.91. The molecule has 0 atom stereocenters. The van der Waals surface area contributed by atoms with E-state index in [2.05, 4.69) is 45.0 Å². The van der Waals surface area contributed by atoms with Crippen LogP contribution in [0.3, 0.4) is 0 Å². The van der Waals surface area contributed by atoms with Gasteiger partial charge >= 0.3 is 0 Å². The average Bonchev–Trinajstić information content (AvgIpc) is 2.39. The van der Waals surface area contributed by atoms with E-state index in [1.807, 2.05) is 12.1 Å². The Morgan fingerprint density at radius 1 is 1.00 bits per heavy atom. The molecule has 0 aliphatic heterocycles. The monoisotopic (exact) mass is 254 g/mol. The normalized spacial score (nSPS) is 11.0. The summed E-state index contributed by atoms with van der Waals surface area (Å²) in [7, 11) is 0. The highest BCUT2D eigenvalue weighted by atomic mass is 14.6. The molecule has 4 N–H and O–H groups in total. The van der Waals surface area contributed by atoms with Crippen LogP contribution in [0.1, 0.15) is 36.5 Å². The lowest BCUT2D eigenvalue weighted by molar-refractivity contribution is 0.865. The van der Waals surface area contributed by atoms with Crippen molar-refractivity contribution in [2.24, 2.45) is 5.73 Å². The summed E-state index contributed by atoms with van der Waals surface area (Å²) in [5, 5.41) is 0. The van der Waals surface area contributed by atoms with Crippen LogP contribution in [0.4, 0.5) is 5.69 Å². The Hall–Kier alpha value is -1.80. The molecule has 2 heteroatoms. The molecule has 19 heavy (non-hydrogen) atoms. The van der Waals surface area contributed by atoms with Gasteiger partial charge in [-0.05, 0) is 41.2 Å². The van der Waals surface area contributed by atoms with Gasteiger partial charge in [-0.25, -0.2) is 0 Å². The predicted octanol–water partition coefficient (Wildman–Crippen LogP) is 3.83. The topological polar surface area (TPSA) is 52.0 Å². The highest BCUT2D eigenvalue weighted by Crippen LogP contribution is 2.31. The summed E-state index contributed by atoms with van der Waals surface area (Å²) >= 11 is 0. The van der Waals surface area contributed by atoms with E-state index in [0.29, 0.717) is 12.5 Å². The third-order valence-electron chi connectivity index (χ3n) is 3.56. The van der Waals surface area contributed by atoms with Gasteiger partial charge in [0.05, 0.1) is 0 Å². The van der Waals surface area contributed by atoms with Crippen LogP contribution >= 0.6 is 0 Å². The van der Waals surface area contributed by atoms with E-state index < -0.39 is 0 Å². The first-order valence-corrected chi connectivity index (χ1v) is 6.72. The summed E-state index contributed by atoms with van der Waals surface area (Å²) in [6, 6.07) is 12.7. The van der Waals surface area contributed by atoms with Gasteiger partial charge in [0, 0.05) is 17.8 Å². The lowest BCUT2D eigenvalue weighted by atomic mass is 9.93. The van der Waals surface area contributed by atoms with Crippen molar-refractivity contribution in [2.45, 2.75) is 33.2 Å². The zero-order valence-electron chi connectivity index (χ0n) is 11.9. The molecule has 2 aromatic rings. The van der Waals surface area contributed by atoms with Crippen molar-refractivity contribution in [1.82, 2.24) is 0 Å². The summed E-state index contributed by atoms with van der Waals surface area (Å²) < 4.78 is 0. The van der Waals surface area contributed by atoms with Crippen LogP contribution < -0.4 is 11.5 Å². The minimum Gasteiger partial charge on any atom is -0.398 e. The molecule has 0 saturated carbocycles. The second kappa shape index (κ2) is 5.45. The van der Waals surface area contributed by atoms with Crippen molar-refractivity contribution in [3.05, 3.63) is 53.1 Å². The van der Waals surface area contributed by atoms with Crippen molar-refractivity contribution in [1.29, 1.82) is 0 Å². The number of benzene rings is 2. The van der Waals surface area contributed by atoms with Crippen molar-refractivity contribution < 1.29 is 0 Å². The number of rotatable bonds is 3. The average molecular weight is 254 g/mol. The molecule has 0 fully saturated rings. The molecule has 0 aromatic heterocycles. The lowest BCUT2D eigenvalue weighted by Gasteiger charge is -2.13. The summed E-state index contributed by atoms with van der Waals surface area (Å²) in [6.45, 7) is 7.07. The zero-order chi connectivity index (χ0) is 14.0. The number of hydrogen-bond acceptors (Lipinski definition) is 2. The largest absolute Gasteiger partial charge is 0.398 e. The van der Waals surface area contributed by atoms with Crippen LogP contribution in [-0.2, 0) is 6.54 Å². The van der Waals surface area contributed by atoms with Crippen LogP contribution in [0.15, 0.2) is 36.4 Å². The Morgan fingerprint density at radius 3 is 2.21 bits per heavy atom. The van der Waals surface area contributed by atoms with Gasteiger partial charge in [0.25, 0.3) is 0 Å². The minimum atomic E-state index is 0.524. The Labute approximate surface area is 115 Å². The number of nitrogen functional groups attached to an aromatic ring is 1. The highest BCUT2D eigenvalue weighted by Gasteiger charge is 2.08. The number of hydrogen-bond donors (Lipinski definition) is 2. The molecule has 0 amide bonds. The first-order valence-electron chi connectivity index (χ1n) is 6.72. The number of anilines is 1. The van der Waals surface area contributed by atoms with Gasteiger partial charge < -0.3 is 11.5 Å². The Bertz CT molecular complexity index is 586. The second-order valence-electron chi connectivity index (χ2n) is 5.35. The van der Waals surface area contributed by atoms with Crippen LogP contribution in [0.2, 0.25) is 0 Å². The fourth-order valence-electron chi connectivity index (χ4n) is 2.33. The molecule has 0 saturated heterocycles. The fraction of sp³-hybridized carbons (Fsp3) is 0.294. The molecule has 0 spiro atoms. The van der Waals surface area contributed by atoms with Crippen molar-refractivity contribution in [3.63, 3.8) is 0 Å². The van der Waals surface area contributed by atoms with Gasteiger partial charge in [0.2, 0.25) is 0 Å². The summed E-state index contributed by atoms with van der Waals surface area (Å²) in [5.41, 5.74) is 18.5. The molecule has 100 valence electrons. The van der Waals surface area contributed by atoms with Gasteiger partial charge in [0.1, 0.15) is 0 Å². The smallest absolute Gasteiger partial charge is 0.0397 e. The summed E-state index contributed by atoms with van der Waals surface area (Å²) in [5.74, 6) is 0.546. The fourth-order valence-corrected chi connectivity index (χ4v) is 2.33. The second-order valence-corrected chi connectivity index (χ2v) is 5.35. The molecule has 0 unspecified atom stereocenters. The molecular formula is C17H22N2. The number of aryl methyl sites for hydroxylation is 1. The third-order valence-corrected chi connectivity index (χ3v) is 3.56. The maximum Gasteiger partial charge on any atom is 0.0397 e. The molecule has 2 nitrogen and oxygen atoms in total. The first kappa shape index (κ1) is 13.6. The van der Waals surface area contributed by atoms with Crippen LogP contribution in [-0.4, -0.2) is 0 Å². The van der Waals surface area contributed by atoms with Crippen LogP contribution in [0, 0.1) is 6.92 Å². The predicted molar refractivity (Wildman–Crippen MR) is 83.0 cm³/mol. The van der Waals surface area contributed by atoms with Crippen molar-refractivity contribution >= 4 is 5.69 Å². The van der Waals surface area contributed by atoms with E-state index >= 15 is 0 Å². The molecule has 0 bridgehead atoms. The quantitative estimate of drug-likeness (QED) is 0.818. The van der Waals surface area contributed by atoms with E-state index in [1.54, 1.807) is 0 Å². The molecule has 2 aromatic carbocycles. The first-order chi connectivity index (χ1) is 9.02. The van der Waals surface area contributed by atoms with E-state index in [0.717, 1.165) is 16.8 Å². The van der Waals surface area contributed by atoms with Crippen LogP contribution in [0.5, 0.6) is 0 Å². The summed E-state index contributed by atoms with van der Waals surface area (Å²) in [4.78, 5) is 0. The summed E-state index contributed by atoms with van der Waals surface area (Å²) in [6.07, 6.45) is 0. The standard InChI is InChI=1S/C17H22N2/c1-11(2)14-5-7-15(12(3)8-14)16-6-4-13(10-18)9-17(16)19/h4-9,11H,10,18-19H2,1-3H3. The maximum absolute atomic E-state index is 6.14. The van der Waals surface area contributed by atoms with Crippen molar-refractivity contribution in [2.75, 3.05) is 5.73 Å². The van der Waals surface area contributed by atoms with E-state index in [1.165, 1.54) is 16.7 Å². The Balaban J connectivity index is 2.47. The number of nitrogens with two attached hydrogens (primary N) is 2. The Morgan fingerprint density at radius 2 is 1.68 bits per heavy atom. The third kappa shape index (κ3) is 2.79. The molecule has 0 aliphatic rings. The molecular weight excluding hydrogens is 232 g/mol. The van der Waals surface area contributed by atoms with Crippen LogP contribution in [0.25, 0.3) is 11.1 Å². The lowest BCUT2D eigenvalue weighted by Crippen LogP contribution is -1.99. The molecule has 0 heterocycles. The van der Waals surface area contributed by atoms with Gasteiger partial charge in [-0.1, -0.05) is 44.2 Å². The highest BCUT2D eigenvalue weighted by molar-refractivity contribution is 5.79. The van der Waals surface area contributed by atoms with Gasteiger partial charge in [-0.15, -0.1) is 0 Å². The SMILES string of the molecule is Cc1cc(C(C)C)ccc1-c1ccc(CN)cc1N. The van der Waals surface area contributed by atoms with E-state index in [9.17, 15) is 0 Å². The van der Waals surface area contributed by atoms with E-state index in [4.69, 9.17) is 11.5 Å². The van der Waals surface area contributed by atoms with E-state index in [-0.39, 0.29) is 0 Å². The minimum absolute atomic E-state index is 0.524. The molecule has 0 radical (unpaired) electrons. The van der Waals surface area contributed by atoms with Crippen molar-refractivity contribution in [3.8, 4) is 11.1 Å².